The summed E-state index contributed by atoms with van der Waals surface area (Å²) < 4.78 is 0. The van der Waals surface area contributed by atoms with E-state index >= 15 is 0 Å². The highest BCUT2D eigenvalue weighted by Gasteiger charge is 2.13. The third kappa shape index (κ3) is 6.40. The molecule has 1 aromatic carbocycles. The maximum Gasteiger partial charge on any atom is 0.251 e. The fraction of sp³-hybridized carbons (Fsp3) is 0.500. The Kier molecular flexibility index (Phi) is 6.88. The molecule has 2 amide bonds. The first-order chi connectivity index (χ1) is 9.92. The minimum Gasteiger partial charge on any atom is -0.352 e. The van der Waals surface area contributed by atoms with E-state index in [0.717, 1.165) is 12.0 Å². The van der Waals surface area contributed by atoms with Crippen LogP contribution in [-0.2, 0) is 11.3 Å². The fourth-order valence-electron chi connectivity index (χ4n) is 2.05. The molecule has 1 aromatic rings. The molecule has 0 bridgehead atoms. The van der Waals surface area contributed by atoms with Crippen LogP contribution in [0.1, 0.15) is 43.1 Å². The minimum absolute atomic E-state index is 0.00319. The van der Waals surface area contributed by atoms with E-state index < -0.39 is 0 Å². The van der Waals surface area contributed by atoms with Crippen LogP contribution in [0.4, 0.5) is 0 Å². The summed E-state index contributed by atoms with van der Waals surface area (Å²) in [5.41, 5.74) is 7.24. The zero-order valence-electron chi connectivity index (χ0n) is 13.0. The van der Waals surface area contributed by atoms with Crippen LogP contribution in [0.25, 0.3) is 0 Å². The quantitative estimate of drug-likeness (QED) is 0.710. The van der Waals surface area contributed by atoms with Crippen LogP contribution in [0.5, 0.6) is 0 Å². The van der Waals surface area contributed by atoms with Gasteiger partial charge in [0.1, 0.15) is 0 Å². The van der Waals surface area contributed by atoms with Crippen LogP contribution in [0.2, 0.25) is 0 Å². The normalized spacial score (nSPS) is 12.0. The third-order valence-corrected chi connectivity index (χ3v) is 3.13. The van der Waals surface area contributed by atoms with Gasteiger partial charge in [0.2, 0.25) is 5.91 Å². The predicted molar refractivity (Wildman–Crippen MR) is 83.7 cm³/mol. The fourth-order valence-corrected chi connectivity index (χ4v) is 2.05. The average Bonchev–Trinajstić information content (AvgIpc) is 2.44. The maximum atomic E-state index is 12.1. The number of benzene rings is 1. The van der Waals surface area contributed by atoms with E-state index in [4.69, 9.17) is 5.73 Å². The summed E-state index contributed by atoms with van der Waals surface area (Å²) in [7, 11) is 0. The Morgan fingerprint density at radius 3 is 2.29 bits per heavy atom. The van der Waals surface area contributed by atoms with Gasteiger partial charge < -0.3 is 16.4 Å². The van der Waals surface area contributed by atoms with Crippen molar-refractivity contribution in [3.05, 3.63) is 35.4 Å². The van der Waals surface area contributed by atoms with Gasteiger partial charge in [-0.2, -0.15) is 0 Å². The number of nitrogens with two attached hydrogens (primary N) is 1. The van der Waals surface area contributed by atoms with Gasteiger partial charge in [-0.3, -0.25) is 9.59 Å². The summed E-state index contributed by atoms with van der Waals surface area (Å²) in [4.78, 5) is 23.0. The van der Waals surface area contributed by atoms with Gasteiger partial charge in [0.05, 0.1) is 0 Å². The number of rotatable bonds is 7. The standard InChI is InChI=1S/C16H25N3O2/c1-11(2)8-15(9-17)19-16(21)14-6-4-13(5-7-14)10-18-12(3)20/h4-7,11,15H,8-10,17H2,1-3H3,(H,18,20)(H,19,21). The number of carbonyl (C=O) groups is 2. The molecule has 0 aliphatic rings. The van der Waals surface area contributed by atoms with E-state index in [-0.39, 0.29) is 17.9 Å². The first-order valence-corrected chi connectivity index (χ1v) is 7.26. The molecule has 1 rings (SSSR count). The zero-order valence-corrected chi connectivity index (χ0v) is 13.0. The lowest BCUT2D eigenvalue weighted by Crippen LogP contribution is -2.41. The summed E-state index contributed by atoms with van der Waals surface area (Å²) in [5.74, 6) is 0.298. The van der Waals surface area contributed by atoms with Crippen LogP contribution in [-0.4, -0.2) is 24.4 Å². The molecule has 116 valence electrons. The molecule has 0 radical (unpaired) electrons. The Hall–Kier alpha value is -1.88. The smallest absolute Gasteiger partial charge is 0.251 e. The van der Waals surface area contributed by atoms with Gasteiger partial charge in [0.15, 0.2) is 0 Å². The van der Waals surface area contributed by atoms with Crippen LogP contribution >= 0.6 is 0 Å². The molecule has 0 aliphatic heterocycles. The Labute approximate surface area is 126 Å². The molecular formula is C16H25N3O2. The molecule has 4 N–H and O–H groups in total. The lowest BCUT2D eigenvalue weighted by atomic mass is 10.0. The van der Waals surface area contributed by atoms with Crippen molar-refractivity contribution in [2.45, 2.75) is 39.8 Å². The highest BCUT2D eigenvalue weighted by Crippen LogP contribution is 2.07. The second-order valence-corrected chi connectivity index (χ2v) is 5.64. The second kappa shape index (κ2) is 8.42. The second-order valence-electron chi connectivity index (χ2n) is 5.64. The largest absolute Gasteiger partial charge is 0.352 e. The Balaban J connectivity index is 2.59. The molecule has 0 fully saturated rings. The van der Waals surface area contributed by atoms with Gasteiger partial charge in [-0.15, -0.1) is 0 Å². The number of amides is 2. The molecule has 0 saturated heterocycles. The maximum absolute atomic E-state index is 12.1. The van der Waals surface area contributed by atoms with Crippen molar-refractivity contribution in [3.63, 3.8) is 0 Å². The van der Waals surface area contributed by atoms with Crippen molar-refractivity contribution >= 4 is 11.8 Å². The number of hydrogen-bond donors (Lipinski definition) is 3. The summed E-state index contributed by atoms with van der Waals surface area (Å²) in [6.45, 7) is 6.58. The summed E-state index contributed by atoms with van der Waals surface area (Å²) in [6.07, 6.45) is 0.864. The Morgan fingerprint density at radius 1 is 1.19 bits per heavy atom. The summed E-state index contributed by atoms with van der Waals surface area (Å²) in [6, 6.07) is 7.19. The van der Waals surface area contributed by atoms with E-state index in [1.807, 2.05) is 12.1 Å². The van der Waals surface area contributed by atoms with Crippen molar-refractivity contribution in [3.8, 4) is 0 Å². The third-order valence-electron chi connectivity index (χ3n) is 3.13. The van der Waals surface area contributed by atoms with Gasteiger partial charge in [-0.1, -0.05) is 26.0 Å². The predicted octanol–water partition coefficient (Wildman–Crippen LogP) is 1.43. The summed E-state index contributed by atoms with van der Waals surface area (Å²) >= 11 is 0. The highest BCUT2D eigenvalue weighted by atomic mass is 16.2. The Morgan fingerprint density at radius 2 is 1.81 bits per heavy atom. The van der Waals surface area contributed by atoms with Crippen molar-refractivity contribution in [1.82, 2.24) is 10.6 Å². The molecule has 1 unspecified atom stereocenters. The van der Waals surface area contributed by atoms with E-state index in [9.17, 15) is 9.59 Å². The van der Waals surface area contributed by atoms with E-state index in [2.05, 4.69) is 24.5 Å². The van der Waals surface area contributed by atoms with Crippen LogP contribution in [0.3, 0.4) is 0 Å². The van der Waals surface area contributed by atoms with Gasteiger partial charge in [0, 0.05) is 31.6 Å². The number of carbonyl (C=O) groups excluding carboxylic acids is 2. The number of nitrogens with one attached hydrogen (secondary N) is 2. The van der Waals surface area contributed by atoms with Gasteiger partial charge in [-0.25, -0.2) is 0 Å². The van der Waals surface area contributed by atoms with Crippen LogP contribution in [0.15, 0.2) is 24.3 Å². The zero-order chi connectivity index (χ0) is 15.8. The lowest BCUT2D eigenvalue weighted by molar-refractivity contribution is -0.119. The van der Waals surface area contributed by atoms with Crippen LogP contribution < -0.4 is 16.4 Å². The molecule has 0 heterocycles. The molecule has 0 aromatic heterocycles. The van der Waals surface area contributed by atoms with Crippen molar-refractivity contribution in [2.24, 2.45) is 11.7 Å². The average molecular weight is 291 g/mol. The monoisotopic (exact) mass is 291 g/mol. The molecule has 5 nitrogen and oxygen atoms in total. The van der Waals surface area contributed by atoms with E-state index in [1.54, 1.807) is 12.1 Å². The molecule has 21 heavy (non-hydrogen) atoms. The van der Waals surface area contributed by atoms with Crippen molar-refractivity contribution in [2.75, 3.05) is 6.54 Å². The molecule has 0 aliphatic carbocycles. The molecule has 5 heteroatoms. The van der Waals surface area contributed by atoms with Gasteiger partial charge in [-0.05, 0) is 30.0 Å². The number of hydrogen-bond acceptors (Lipinski definition) is 3. The van der Waals surface area contributed by atoms with Crippen molar-refractivity contribution < 1.29 is 9.59 Å². The van der Waals surface area contributed by atoms with E-state index in [0.29, 0.717) is 24.6 Å². The SMILES string of the molecule is CC(=O)NCc1ccc(C(=O)NC(CN)CC(C)C)cc1. The first kappa shape index (κ1) is 17.2. The molecular weight excluding hydrogens is 266 g/mol. The molecule has 1 atom stereocenters. The summed E-state index contributed by atoms with van der Waals surface area (Å²) in [5, 5.41) is 5.67. The van der Waals surface area contributed by atoms with Crippen LogP contribution in [0, 0.1) is 5.92 Å². The topological polar surface area (TPSA) is 84.2 Å². The minimum atomic E-state index is -0.114. The first-order valence-electron chi connectivity index (χ1n) is 7.26. The Bertz CT molecular complexity index is 469. The van der Waals surface area contributed by atoms with Gasteiger partial charge in [0.25, 0.3) is 5.91 Å². The van der Waals surface area contributed by atoms with Gasteiger partial charge >= 0.3 is 0 Å². The van der Waals surface area contributed by atoms with Crippen molar-refractivity contribution in [1.29, 1.82) is 0 Å². The molecule has 0 spiro atoms. The molecule has 0 saturated carbocycles. The van der Waals surface area contributed by atoms with E-state index in [1.165, 1.54) is 6.92 Å². The highest BCUT2D eigenvalue weighted by molar-refractivity contribution is 5.94. The lowest BCUT2D eigenvalue weighted by Gasteiger charge is -2.18.